The topological polar surface area (TPSA) is 58.6 Å². The lowest BCUT2D eigenvalue weighted by Gasteiger charge is -2.01. The van der Waals surface area contributed by atoms with Gasteiger partial charge in [-0.25, -0.2) is 0 Å². The fourth-order valence-electron chi connectivity index (χ4n) is 1.51. The zero-order valence-electron chi connectivity index (χ0n) is 9.14. The molecule has 1 aromatic carbocycles. The van der Waals surface area contributed by atoms with Crippen LogP contribution in [0.4, 0.5) is 0 Å². The highest BCUT2D eigenvalue weighted by atomic mass is 35.5. The summed E-state index contributed by atoms with van der Waals surface area (Å²) < 4.78 is 0. The first-order valence-electron chi connectivity index (χ1n) is 4.94. The molecule has 0 radical (unpaired) electrons. The Morgan fingerprint density at radius 2 is 2.24 bits per heavy atom. The molecule has 0 aliphatic rings. The third kappa shape index (κ3) is 2.28. The minimum Gasteiger partial charge on any atom is -0.506 e. The second-order valence-corrected chi connectivity index (χ2v) is 4.87. The van der Waals surface area contributed by atoms with Crippen LogP contribution >= 0.6 is 22.9 Å². The van der Waals surface area contributed by atoms with Crippen LogP contribution in [0.1, 0.15) is 12.5 Å². The van der Waals surface area contributed by atoms with Crippen molar-refractivity contribution in [1.29, 1.82) is 0 Å². The Bertz CT molecular complexity index is 578. The van der Waals surface area contributed by atoms with Crippen molar-refractivity contribution in [2.24, 2.45) is 10.9 Å². The molecule has 0 atom stereocenters. The first-order chi connectivity index (χ1) is 8.13. The van der Waals surface area contributed by atoms with Crippen LogP contribution in [0.25, 0.3) is 10.4 Å². The molecule has 0 unspecified atom stereocenters. The smallest absolute Gasteiger partial charge is 0.143 e. The number of hydrazone groups is 1. The minimum absolute atomic E-state index is 0.198. The molecule has 1 aromatic heterocycles. The molecule has 0 aliphatic heterocycles. The van der Waals surface area contributed by atoms with Crippen molar-refractivity contribution < 1.29 is 5.11 Å². The van der Waals surface area contributed by atoms with E-state index in [1.807, 2.05) is 23.6 Å². The molecule has 2 aromatic rings. The van der Waals surface area contributed by atoms with Gasteiger partial charge in [0.05, 0.1) is 16.2 Å². The van der Waals surface area contributed by atoms with Crippen LogP contribution in [0.15, 0.2) is 34.7 Å². The lowest BCUT2D eigenvalue weighted by atomic mass is 10.1. The number of halogens is 1. The average Bonchev–Trinajstić information content (AvgIpc) is 2.70. The SMILES string of the molecule is C/C(=N\N)c1csc(-c2cccc(Cl)c2)c1O. The van der Waals surface area contributed by atoms with Gasteiger partial charge in [0.1, 0.15) is 5.75 Å². The maximum absolute atomic E-state index is 10.1. The quantitative estimate of drug-likeness (QED) is 0.497. The molecule has 0 aliphatic carbocycles. The number of rotatable bonds is 2. The highest BCUT2D eigenvalue weighted by Gasteiger charge is 2.14. The summed E-state index contributed by atoms with van der Waals surface area (Å²) in [5, 5.41) is 16.2. The van der Waals surface area contributed by atoms with E-state index in [0.717, 1.165) is 10.4 Å². The molecule has 0 saturated heterocycles. The maximum atomic E-state index is 10.1. The predicted molar refractivity (Wildman–Crippen MR) is 72.8 cm³/mol. The molecular formula is C12H11ClN2OS. The van der Waals surface area contributed by atoms with Crippen LogP contribution in [-0.2, 0) is 0 Å². The fraction of sp³-hybridized carbons (Fsp3) is 0.0833. The second kappa shape index (κ2) is 4.77. The lowest BCUT2D eigenvalue weighted by Crippen LogP contribution is -1.96. The summed E-state index contributed by atoms with van der Waals surface area (Å²) in [6.07, 6.45) is 0. The van der Waals surface area contributed by atoms with Crippen LogP contribution in [-0.4, -0.2) is 10.8 Å². The number of thiophene rings is 1. The Morgan fingerprint density at radius 3 is 2.88 bits per heavy atom. The Balaban J connectivity index is 2.51. The number of nitrogens with zero attached hydrogens (tertiary/aromatic N) is 1. The van der Waals surface area contributed by atoms with E-state index in [1.165, 1.54) is 11.3 Å². The normalized spacial score (nSPS) is 11.8. The summed E-state index contributed by atoms with van der Waals surface area (Å²) in [6.45, 7) is 1.75. The van der Waals surface area contributed by atoms with Crippen molar-refractivity contribution in [3.05, 3.63) is 40.2 Å². The third-order valence-electron chi connectivity index (χ3n) is 2.44. The number of nitrogens with two attached hydrogens (primary N) is 1. The fourth-order valence-corrected chi connectivity index (χ4v) is 2.71. The van der Waals surface area contributed by atoms with Gasteiger partial charge in [-0.3, -0.25) is 0 Å². The molecule has 17 heavy (non-hydrogen) atoms. The van der Waals surface area contributed by atoms with Gasteiger partial charge >= 0.3 is 0 Å². The summed E-state index contributed by atoms with van der Waals surface area (Å²) in [5.74, 6) is 5.40. The standard InChI is InChI=1S/C12H11ClN2OS/c1-7(15-14)10-6-17-12(11(10)16)8-3-2-4-9(13)5-8/h2-6,16H,14H2,1H3/b15-7+. The van der Waals surface area contributed by atoms with E-state index in [9.17, 15) is 5.11 Å². The molecule has 0 saturated carbocycles. The van der Waals surface area contributed by atoms with Crippen molar-refractivity contribution >= 4 is 28.6 Å². The van der Waals surface area contributed by atoms with Crippen molar-refractivity contribution in [2.75, 3.05) is 0 Å². The Kier molecular flexibility index (Phi) is 3.36. The summed E-state index contributed by atoms with van der Waals surface area (Å²) in [4.78, 5) is 0.769. The number of hydrogen-bond acceptors (Lipinski definition) is 4. The molecule has 2 rings (SSSR count). The van der Waals surface area contributed by atoms with Crippen LogP contribution in [0, 0.1) is 0 Å². The molecule has 1 heterocycles. The van der Waals surface area contributed by atoms with E-state index in [2.05, 4.69) is 5.10 Å². The van der Waals surface area contributed by atoms with Gasteiger partial charge < -0.3 is 10.9 Å². The van der Waals surface area contributed by atoms with Crippen molar-refractivity contribution in [2.45, 2.75) is 6.92 Å². The molecule has 0 amide bonds. The summed E-state index contributed by atoms with van der Waals surface area (Å²) in [6, 6.07) is 7.35. The Morgan fingerprint density at radius 1 is 1.47 bits per heavy atom. The first-order valence-corrected chi connectivity index (χ1v) is 6.20. The Labute approximate surface area is 108 Å². The van der Waals surface area contributed by atoms with Crippen LogP contribution in [0.2, 0.25) is 5.02 Å². The van der Waals surface area contributed by atoms with Crippen molar-refractivity contribution in [1.82, 2.24) is 0 Å². The number of hydrogen-bond donors (Lipinski definition) is 2. The predicted octanol–water partition coefficient (Wildman–Crippen LogP) is 3.46. The molecule has 0 fully saturated rings. The second-order valence-electron chi connectivity index (χ2n) is 3.55. The van der Waals surface area contributed by atoms with Crippen LogP contribution in [0.3, 0.4) is 0 Å². The molecule has 0 bridgehead atoms. The first kappa shape index (κ1) is 12.0. The van der Waals surface area contributed by atoms with E-state index in [-0.39, 0.29) is 5.75 Å². The van der Waals surface area contributed by atoms with Crippen molar-refractivity contribution in [3.8, 4) is 16.2 Å². The van der Waals surface area contributed by atoms with Crippen molar-refractivity contribution in [3.63, 3.8) is 0 Å². The minimum atomic E-state index is 0.198. The van der Waals surface area contributed by atoms with Crippen LogP contribution in [0.5, 0.6) is 5.75 Å². The third-order valence-corrected chi connectivity index (χ3v) is 3.69. The molecule has 88 valence electrons. The molecule has 5 heteroatoms. The highest BCUT2D eigenvalue weighted by Crippen LogP contribution is 2.39. The zero-order chi connectivity index (χ0) is 12.4. The van der Waals surface area contributed by atoms with Gasteiger partial charge in [-0.1, -0.05) is 23.7 Å². The van der Waals surface area contributed by atoms with Gasteiger partial charge in [-0.15, -0.1) is 11.3 Å². The highest BCUT2D eigenvalue weighted by molar-refractivity contribution is 7.14. The number of benzene rings is 1. The Hall–Kier alpha value is -1.52. The molecular weight excluding hydrogens is 256 g/mol. The molecule has 3 N–H and O–H groups in total. The summed E-state index contributed by atoms with van der Waals surface area (Å²) in [7, 11) is 0. The maximum Gasteiger partial charge on any atom is 0.143 e. The van der Waals surface area contributed by atoms with E-state index in [4.69, 9.17) is 17.4 Å². The van der Waals surface area contributed by atoms with Gasteiger partial charge in [-0.2, -0.15) is 5.10 Å². The lowest BCUT2D eigenvalue weighted by molar-refractivity contribution is 0.478. The average molecular weight is 267 g/mol. The molecule has 0 spiro atoms. The zero-order valence-corrected chi connectivity index (χ0v) is 10.7. The van der Waals surface area contributed by atoms with Gasteiger partial charge in [-0.05, 0) is 24.6 Å². The van der Waals surface area contributed by atoms with E-state index in [1.54, 1.807) is 13.0 Å². The van der Waals surface area contributed by atoms with E-state index >= 15 is 0 Å². The van der Waals surface area contributed by atoms with Crippen LogP contribution < -0.4 is 5.84 Å². The molecule has 3 nitrogen and oxygen atoms in total. The monoisotopic (exact) mass is 266 g/mol. The van der Waals surface area contributed by atoms with Gasteiger partial charge in [0.25, 0.3) is 0 Å². The van der Waals surface area contributed by atoms with Gasteiger partial charge in [0.15, 0.2) is 0 Å². The summed E-state index contributed by atoms with van der Waals surface area (Å²) in [5.41, 5.74) is 2.15. The number of aromatic hydroxyl groups is 1. The summed E-state index contributed by atoms with van der Waals surface area (Å²) >= 11 is 7.36. The largest absolute Gasteiger partial charge is 0.506 e. The van der Waals surface area contributed by atoms with E-state index in [0.29, 0.717) is 16.3 Å². The van der Waals surface area contributed by atoms with Gasteiger partial charge in [0, 0.05) is 10.4 Å². The van der Waals surface area contributed by atoms with Gasteiger partial charge in [0.2, 0.25) is 0 Å². The van der Waals surface area contributed by atoms with E-state index < -0.39 is 0 Å².